The minimum Gasteiger partial charge on any atom is -0.345 e. The molecule has 2 fully saturated rings. The van der Waals surface area contributed by atoms with Crippen molar-refractivity contribution >= 4 is 5.91 Å². The molecule has 0 unspecified atom stereocenters. The van der Waals surface area contributed by atoms with Crippen LogP contribution in [-0.4, -0.2) is 44.9 Å². The summed E-state index contributed by atoms with van der Waals surface area (Å²) in [6.45, 7) is 6.22. The molecular weight excluding hydrogens is 314 g/mol. The molecule has 25 heavy (non-hydrogen) atoms. The van der Waals surface area contributed by atoms with Crippen molar-refractivity contribution in [2.45, 2.75) is 50.7 Å². The summed E-state index contributed by atoms with van der Waals surface area (Å²) in [5.74, 6) is -0.116. The Labute approximate surface area is 148 Å². The Hall–Kier alpha value is -2.21. The third kappa shape index (κ3) is 3.06. The van der Waals surface area contributed by atoms with Gasteiger partial charge in [0.05, 0.1) is 18.3 Å². The second kappa shape index (κ2) is 6.26. The zero-order valence-corrected chi connectivity index (χ0v) is 14.9. The van der Waals surface area contributed by atoms with Gasteiger partial charge in [-0.3, -0.25) is 9.69 Å². The highest BCUT2D eigenvalue weighted by Crippen LogP contribution is 2.35. The van der Waals surface area contributed by atoms with E-state index >= 15 is 0 Å². The Kier molecular flexibility index (Phi) is 4.07. The lowest BCUT2D eigenvalue weighted by molar-refractivity contribution is 0.00759. The molecule has 1 aromatic heterocycles. The highest BCUT2D eigenvalue weighted by molar-refractivity contribution is 5.92. The molecule has 2 aliphatic rings. The molecule has 2 heterocycles. The van der Waals surface area contributed by atoms with Gasteiger partial charge in [-0.2, -0.15) is 0 Å². The SMILES string of the molecule is CC[C@@](C)(c1ccccc1)N1CC(NC(=O)c2cn(C3CC3)nn2)C1. The van der Waals surface area contributed by atoms with Crippen LogP contribution in [0.5, 0.6) is 0 Å². The normalized spacial score (nSPS) is 20.7. The molecule has 0 bridgehead atoms. The van der Waals surface area contributed by atoms with Gasteiger partial charge in [-0.15, -0.1) is 5.10 Å². The van der Waals surface area contributed by atoms with Crippen LogP contribution in [0.3, 0.4) is 0 Å². The molecule has 132 valence electrons. The summed E-state index contributed by atoms with van der Waals surface area (Å²) in [7, 11) is 0. The van der Waals surface area contributed by atoms with Crippen molar-refractivity contribution in [1.29, 1.82) is 0 Å². The molecule has 1 atom stereocenters. The smallest absolute Gasteiger partial charge is 0.273 e. The van der Waals surface area contributed by atoms with E-state index in [4.69, 9.17) is 0 Å². The number of nitrogens with one attached hydrogen (secondary N) is 1. The van der Waals surface area contributed by atoms with E-state index in [2.05, 4.69) is 58.6 Å². The minimum absolute atomic E-state index is 0.0115. The second-order valence-electron chi connectivity index (χ2n) is 7.38. The molecule has 0 radical (unpaired) electrons. The van der Waals surface area contributed by atoms with Gasteiger partial charge in [-0.05, 0) is 31.7 Å². The van der Waals surface area contributed by atoms with Crippen molar-refractivity contribution in [1.82, 2.24) is 25.2 Å². The van der Waals surface area contributed by atoms with Gasteiger partial charge in [-0.1, -0.05) is 42.5 Å². The van der Waals surface area contributed by atoms with Crippen molar-refractivity contribution in [2.75, 3.05) is 13.1 Å². The fraction of sp³-hybridized carbons (Fsp3) is 0.526. The summed E-state index contributed by atoms with van der Waals surface area (Å²) in [6, 6.07) is 11.2. The average molecular weight is 339 g/mol. The van der Waals surface area contributed by atoms with E-state index in [1.54, 1.807) is 6.20 Å². The summed E-state index contributed by atoms with van der Waals surface area (Å²) in [5.41, 5.74) is 1.76. The lowest BCUT2D eigenvalue weighted by Crippen LogP contribution is -2.64. The minimum atomic E-state index is -0.116. The molecule has 1 aliphatic heterocycles. The summed E-state index contributed by atoms with van der Waals surface area (Å²) >= 11 is 0. The fourth-order valence-electron chi connectivity index (χ4n) is 3.54. The van der Waals surface area contributed by atoms with E-state index in [9.17, 15) is 4.79 Å². The third-order valence-electron chi connectivity index (χ3n) is 5.66. The van der Waals surface area contributed by atoms with Crippen LogP contribution in [0.25, 0.3) is 0 Å². The first-order valence-corrected chi connectivity index (χ1v) is 9.13. The van der Waals surface area contributed by atoms with Crippen LogP contribution >= 0.6 is 0 Å². The van der Waals surface area contributed by atoms with E-state index in [1.807, 2.05) is 10.7 Å². The zero-order valence-electron chi connectivity index (χ0n) is 14.9. The number of hydrogen-bond acceptors (Lipinski definition) is 4. The fourth-order valence-corrected chi connectivity index (χ4v) is 3.54. The van der Waals surface area contributed by atoms with Gasteiger partial charge in [0.15, 0.2) is 5.69 Å². The van der Waals surface area contributed by atoms with Crippen molar-refractivity contribution in [3.63, 3.8) is 0 Å². The lowest BCUT2D eigenvalue weighted by Gasteiger charge is -2.51. The number of amides is 1. The maximum absolute atomic E-state index is 12.4. The molecule has 1 amide bonds. The molecule has 6 heteroatoms. The van der Waals surface area contributed by atoms with Gasteiger partial charge in [0.1, 0.15) is 0 Å². The number of hydrogen-bond donors (Lipinski definition) is 1. The number of carbonyl (C=O) groups is 1. The number of rotatable bonds is 6. The molecular formula is C19H25N5O. The highest BCUT2D eigenvalue weighted by Gasteiger charge is 2.41. The van der Waals surface area contributed by atoms with Gasteiger partial charge < -0.3 is 5.32 Å². The summed E-state index contributed by atoms with van der Waals surface area (Å²) < 4.78 is 1.81. The molecule has 1 saturated heterocycles. The predicted octanol–water partition coefficient (Wildman–Crippen LogP) is 2.35. The van der Waals surface area contributed by atoms with Crippen molar-refractivity contribution in [3.05, 3.63) is 47.8 Å². The zero-order chi connectivity index (χ0) is 17.4. The number of benzene rings is 1. The van der Waals surface area contributed by atoms with E-state index in [-0.39, 0.29) is 17.5 Å². The topological polar surface area (TPSA) is 63.1 Å². The predicted molar refractivity (Wildman–Crippen MR) is 95.2 cm³/mol. The maximum Gasteiger partial charge on any atom is 0.273 e. The van der Waals surface area contributed by atoms with Crippen LogP contribution < -0.4 is 5.32 Å². The molecule has 2 aromatic rings. The standard InChI is InChI=1S/C19H25N5O/c1-3-19(2,14-7-5-4-6-8-14)23-11-15(12-23)20-18(25)17-13-24(22-21-17)16-9-10-16/h4-8,13,15-16H,3,9-12H2,1-2H3,(H,20,25)/t19-/m0/s1. The monoisotopic (exact) mass is 339 g/mol. The maximum atomic E-state index is 12.4. The summed E-state index contributed by atoms with van der Waals surface area (Å²) in [6.07, 6.45) is 5.07. The van der Waals surface area contributed by atoms with Gasteiger partial charge >= 0.3 is 0 Å². The van der Waals surface area contributed by atoms with Crippen molar-refractivity contribution in [2.24, 2.45) is 0 Å². The van der Waals surface area contributed by atoms with E-state index in [0.717, 1.165) is 32.4 Å². The molecule has 0 spiro atoms. The second-order valence-corrected chi connectivity index (χ2v) is 7.38. The van der Waals surface area contributed by atoms with Gasteiger partial charge in [0, 0.05) is 18.6 Å². The average Bonchev–Trinajstić information content (AvgIpc) is 3.34. The number of carbonyl (C=O) groups excluding carboxylic acids is 1. The Balaban J connectivity index is 1.35. The van der Waals surface area contributed by atoms with Crippen molar-refractivity contribution in [3.8, 4) is 0 Å². The van der Waals surface area contributed by atoms with Gasteiger partial charge in [0.25, 0.3) is 5.91 Å². The first-order chi connectivity index (χ1) is 12.1. The third-order valence-corrected chi connectivity index (χ3v) is 5.66. The first kappa shape index (κ1) is 16.3. The highest BCUT2D eigenvalue weighted by atomic mass is 16.2. The van der Waals surface area contributed by atoms with Crippen LogP contribution in [0.1, 0.15) is 55.2 Å². The molecule has 1 aromatic carbocycles. The molecule has 1 saturated carbocycles. The van der Waals surface area contributed by atoms with Crippen molar-refractivity contribution < 1.29 is 4.79 Å². The van der Waals surface area contributed by atoms with Crippen LogP contribution in [0.4, 0.5) is 0 Å². The summed E-state index contributed by atoms with van der Waals surface area (Å²) in [4.78, 5) is 14.8. The van der Waals surface area contributed by atoms with E-state index in [1.165, 1.54) is 5.56 Å². The number of nitrogens with zero attached hydrogens (tertiary/aromatic N) is 4. The van der Waals surface area contributed by atoms with Gasteiger partial charge in [0.2, 0.25) is 0 Å². The van der Waals surface area contributed by atoms with E-state index in [0.29, 0.717) is 11.7 Å². The Morgan fingerprint density at radius 1 is 1.28 bits per heavy atom. The largest absolute Gasteiger partial charge is 0.345 e. The van der Waals surface area contributed by atoms with Crippen LogP contribution in [0, 0.1) is 0 Å². The number of likely N-dealkylation sites (tertiary alicyclic amines) is 1. The van der Waals surface area contributed by atoms with E-state index < -0.39 is 0 Å². The molecule has 6 nitrogen and oxygen atoms in total. The molecule has 4 rings (SSSR count). The van der Waals surface area contributed by atoms with Gasteiger partial charge in [-0.25, -0.2) is 4.68 Å². The van der Waals surface area contributed by atoms with Crippen LogP contribution in [-0.2, 0) is 5.54 Å². The van der Waals surface area contributed by atoms with Crippen LogP contribution in [0.2, 0.25) is 0 Å². The summed E-state index contributed by atoms with van der Waals surface area (Å²) in [5, 5.41) is 11.1. The quantitative estimate of drug-likeness (QED) is 0.877. The number of aromatic nitrogens is 3. The Morgan fingerprint density at radius 3 is 2.64 bits per heavy atom. The van der Waals surface area contributed by atoms with Crippen LogP contribution in [0.15, 0.2) is 36.5 Å². The Bertz CT molecular complexity index is 748. The lowest BCUT2D eigenvalue weighted by atomic mass is 9.84. The molecule has 1 N–H and O–H groups in total. The Morgan fingerprint density at radius 2 is 2.00 bits per heavy atom. The molecule has 1 aliphatic carbocycles. The first-order valence-electron chi connectivity index (χ1n) is 9.13.